The zero-order valence-corrected chi connectivity index (χ0v) is 18.8. The van der Waals surface area contributed by atoms with Crippen LogP contribution in [0.1, 0.15) is 25.8 Å². The highest BCUT2D eigenvalue weighted by Gasteiger charge is 2.26. The first-order valence-electron chi connectivity index (χ1n) is 10.9. The normalized spacial score (nSPS) is 12.7. The van der Waals surface area contributed by atoms with Gasteiger partial charge in [-0.05, 0) is 47.9 Å². The predicted octanol–water partition coefficient (Wildman–Crippen LogP) is 6.38. The van der Waals surface area contributed by atoms with Crippen molar-refractivity contribution >= 4 is 29.1 Å². The van der Waals surface area contributed by atoms with E-state index in [2.05, 4.69) is 20.9 Å². The number of hydrogen-bond acceptors (Lipinski definition) is 5. The molecular formula is C26H28N4O3. The zero-order chi connectivity index (χ0) is 23.5. The molecule has 0 aliphatic heterocycles. The molecule has 0 saturated heterocycles. The van der Waals surface area contributed by atoms with Crippen LogP contribution in [0.15, 0.2) is 95.2 Å². The van der Waals surface area contributed by atoms with E-state index in [1.54, 1.807) is 24.3 Å². The minimum atomic E-state index is -0.726. The molecular weight excluding hydrogens is 416 g/mol. The molecule has 0 fully saturated rings. The summed E-state index contributed by atoms with van der Waals surface area (Å²) in [4.78, 5) is 25.2. The minimum Gasteiger partial charge on any atom is -0.445 e. The monoisotopic (exact) mass is 444 g/mol. The summed E-state index contributed by atoms with van der Waals surface area (Å²) in [6.07, 6.45) is 0.0894. The Labute approximate surface area is 193 Å². The highest BCUT2D eigenvalue weighted by atomic mass is 16.5. The third-order valence-electron chi connectivity index (χ3n) is 5.15. The molecule has 3 rings (SSSR count). The van der Waals surface area contributed by atoms with Gasteiger partial charge in [-0.2, -0.15) is 10.2 Å². The fourth-order valence-corrected chi connectivity index (χ4v) is 3.04. The van der Waals surface area contributed by atoms with Gasteiger partial charge in [0.05, 0.1) is 11.4 Å². The lowest BCUT2D eigenvalue weighted by molar-refractivity contribution is -0.119. The number of carbonyl (C=O) groups is 2. The van der Waals surface area contributed by atoms with Crippen molar-refractivity contribution in [3.63, 3.8) is 0 Å². The van der Waals surface area contributed by atoms with E-state index in [0.29, 0.717) is 11.4 Å². The molecule has 33 heavy (non-hydrogen) atoms. The molecule has 3 aromatic rings. The highest BCUT2D eigenvalue weighted by Crippen LogP contribution is 2.20. The molecule has 0 bridgehead atoms. The third-order valence-corrected chi connectivity index (χ3v) is 5.15. The van der Waals surface area contributed by atoms with Crippen LogP contribution in [0.5, 0.6) is 0 Å². The van der Waals surface area contributed by atoms with E-state index in [-0.39, 0.29) is 18.4 Å². The van der Waals surface area contributed by atoms with Crippen molar-refractivity contribution in [2.75, 3.05) is 5.32 Å². The Hall–Kier alpha value is -4.00. The van der Waals surface area contributed by atoms with Gasteiger partial charge >= 0.3 is 6.09 Å². The fraction of sp³-hybridized carbons (Fsp3) is 0.231. The number of alkyl carbamates (subject to hydrolysis) is 1. The summed E-state index contributed by atoms with van der Waals surface area (Å²) >= 11 is 0. The van der Waals surface area contributed by atoms with Crippen LogP contribution in [0.2, 0.25) is 0 Å². The standard InChI is InChI=1S/C26H28N4O3/c1-3-19(2)24(28-26(32)33-18-20-10-6-4-7-11-20)25(31)27-21-14-16-23(17-15-21)30-29-22-12-8-5-9-13-22/h4-17,19,24H,3,18H2,1-2H3,(H,27,31)(H,28,32)/t19-,24+/m1/s1. The molecule has 0 radical (unpaired) electrons. The molecule has 0 unspecified atom stereocenters. The van der Waals surface area contributed by atoms with E-state index in [9.17, 15) is 9.59 Å². The van der Waals surface area contributed by atoms with Gasteiger partial charge in [0.15, 0.2) is 0 Å². The van der Waals surface area contributed by atoms with E-state index >= 15 is 0 Å². The number of anilines is 1. The van der Waals surface area contributed by atoms with Crippen molar-refractivity contribution in [2.45, 2.75) is 32.9 Å². The quantitative estimate of drug-likeness (QED) is 0.375. The van der Waals surface area contributed by atoms with Gasteiger partial charge in [-0.25, -0.2) is 4.79 Å². The molecule has 0 heterocycles. The number of nitrogens with zero attached hydrogens (tertiary/aromatic N) is 2. The van der Waals surface area contributed by atoms with Crippen LogP contribution < -0.4 is 10.6 Å². The lowest BCUT2D eigenvalue weighted by atomic mass is 9.98. The maximum absolute atomic E-state index is 12.9. The summed E-state index contributed by atoms with van der Waals surface area (Å²) in [6.45, 7) is 4.02. The Morgan fingerprint density at radius 2 is 1.42 bits per heavy atom. The zero-order valence-electron chi connectivity index (χ0n) is 18.8. The van der Waals surface area contributed by atoms with E-state index in [1.807, 2.05) is 74.5 Å². The molecule has 0 aromatic heterocycles. The van der Waals surface area contributed by atoms with Gasteiger partial charge in [-0.1, -0.05) is 68.8 Å². The Morgan fingerprint density at radius 3 is 2.03 bits per heavy atom. The number of ether oxygens (including phenoxy) is 1. The van der Waals surface area contributed by atoms with Gasteiger partial charge in [0.2, 0.25) is 5.91 Å². The first-order valence-corrected chi connectivity index (χ1v) is 10.9. The molecule has 2 atom stereocenters. The second-order valence-corrected chi connectivity index (χ2v) is 7.64. The number of carbonyl (C=O) groups excluding carboxylic acids is 2. The van der Waals surface area contributed by atoms with E-state index < -0.39 is 12.1 Å². The summed E-state index contributed by atoms with van der Waals surface area (Å²) in [6, 6.07) is 25.1. The van der Waals surface area contributed by atoms with Crippen LogP contribution in [0.3, 0.4) is 0 Å². The molecule has 3 aromatic carbocycles. The summed E-state index contributed by atoms with van der Waals surface area (Å²) in [5, 5.41) is 13.9. The molecule has 7 heteroatoms. The lowest BCUT2D eigenvalue weighted by Gasteiger charge is -2.23. The molecule has 0 aliphatic rings. The Morgan fingerprint density at radius 1 is 0.848 bits per heavy atom. The first-order chi connectivity index (χ1) is 16.0. The van der Waals surface area contributed by atoms with E-state index in [0.717, 1.165) is 17.7 Å². The number of nitrogens with one attached hydrogen (secondary N) is 2. The van der Waals surface area contributed by atoms with Crippen molar-refractivity contribution in [1.82, 2.24) is 5.32 Å². The molecule has 2 N–H and O–H groups in total. The third kappa shape index (κ3) is 7.57. The minimum absolute atomic E-state index is 0.0757. The van der Waals surface area contributed by atoms with E-state index in [1.165, 1.54) is 0 Å². The number of rotatable bonds is 9. The van der Waals surface area contributed by atoms with Crippen LogP contribution in [0, 0.1) is 5.92 Å². The topological polar surface area (TPSA) is 92.1 Å². The summed E-state index contributed by atoms with van der Waals surface area (Å²) in [5.74, 6) is -0.382. The second-order valence-electron chi connectivity index (χ2n) is 7.64. The summed E-state index contributed by atoms with van der Waals surface area (Å²) in [5.41, 5.74) is 2.91. The first kappa shape index (κ1) is 23.7. The molecule has 0 spiro atoms. The maximum Gasteiger partial charge on any atom is 0.408 e. The van der Waals surface area contributed by atoms with Crippen molar-refractivity contribution in [3.8, 4) is 0 Å². The van der Waals surface area contributed by atoms with Crippen LogP contribution >= 0.6 is 0 Å². The van der Waals surface area contributed by atoms with Crippen LogP contribution in [0.25, 0.3) is 0 Å². The molecule has 0 aliphatic carbocycles. The van der Waals surface area contributed by atoms with Gasteiger partial charge < -0.3 is 15.4 Å². The van der Waals surface area contributed by atoms with Crippen LogP contribution in [-0.2, 0) is 16.1 Å². The van der Waals surface area contributed by atoms with Crippen LogP contribution in [-0.4, -0.2) is 18.0 Å². The molecule has 0 saturated carbocycles. The van der Waals surface area contributed by atoms with E-state index in [4.69, 9.17) is 4.74 Å². The van der Waals surface area contributed by atoms with Gasteiger partial charge in [-0.3, -0.25) is 4.79 Å². The number of azo groups is 1. The SMILES string of the molecule is CC[C@@H](C)[C@H](NC(=O)OCc1ccccc1)C(=O)Nc1ccc(N=Nc2ccccc2)cc1. The lowest BCUT2D eigenvalue weighted by Crippen LogP contribution is -2.47. The molecule has 2 amide bonds. The van der Waals surface area contributed by atoms with Gasteiger partial charge in [0, 0.05) is 5.69 Å². The van der Waals surface area contributed by atoms with Gasteiger partial charge in [0.25, 0.3) is 0 Å². The largest absolute Gasteiger partial charge is 0.445 e. The predicted molar refractivity (Wildman–Crippen MR) is 129 cm³/mol. The Kier molecular flexibility index (Phi) is 8.71. The smallest absolute Gasteiger partial charge is 0.408 e. The highest BCUT2D eigenvalue weighted by molar-refractivity contribution is 5.96. The maximum atomic E-state index is 12.9. The van der Waals surface area contributed by atoms with Crippen LogP contribution in [0.4, 0.5) is 21.9 Å². The average molecular weight is 445 g/mol. The second kappa shape index (κ2) is 12.1. The van der Waals surface area contributed by atoms with Crippen molar-refractivity contribution in [3.05, 3.63) is 90.5 Å². The number of hydrogen-bond donors (Lipinski definition) is 2. The Bertz CT molecular complexity index is 1050. The average Bonchev–Trinajstić information content (AvgIpc) is 2.86. The van der Waals surface area contributed by atoms with Crippen molar-refractivity contribution < 1.29 is 14.3 Å². The molecule has 170 valence electrons. The number of amides is 2. The Balaban J connectivity index is 1.57. The van der Waals surface area contributed by atoms with Gasteiger partial charge in [-0.15, -0.1) is 0 Å². The molecule has 7 nitrogen and oxygen atoms in total. The van der Waals surface area contributed by atoms with Crippen molar-refractivity contribution in [1.29, 1.82) is 0 Å². The fourth-order valence-electron chi connectivity index (χ4n) is 3.04. The van der Waals surface area contributed by atoms with Gasteiger partial charge in [0.1, 0.15) is 12.6 Å². The summed E-state index contributed by atoms with van der Waals surface area (Å²) in [7, 11) is 0. The van der Waals surface area contributed by atoms with Crippen molar-refractivity contribution in [2.24, 2.45) is 16.1 Å². The summed E-state index contributed by atoms with van der Waals surface area (Å²) < 4.78 is 5.28. The number of benzene rings is 3.